The molecule has 3 fully saturated rings. The largest absolute Gasteiger partial charge is 0.416 e. The molecular weight excluding hydrogens is 594 g/mol. The Bertz CT molecular complexity index is 1230. The Morgan fingerprint density at radius 3 is 1.14 bits per heavy atom. The molecule has 6 amide bonds. The molecule has 3 saturated heterocycles. The van der Waals surface area contributed by atoms with Gasteiger partial charge in [0.2, 0.25) is 0 Å². The zero-order chi connectivity index (χ0) is 31.6. The van der Waals surface area contributed by atoms with Crippen LogP contribution in [0.15, 0.2) is 48.5 Å². The highest BCUT2D eigenvalue weighted by molar-refractivity contribution is 6.03. The van der Waals surface area contributed by atoms with Gasteiger partial charge in [-0.15, -0.1) is 0 Å². The Morgan fingerprint density at radius 2 is 0.841 bits per heavy atom. The summed E-state index contributed by atoms with van der Waals surface area (Å²) in [5.74, 6) is 0. The molecule has 0 radical (unpaired) electrons. The van der Waals surface area contributed by atoms with E-state index in [-0.39, 0.29) is 13.1 Å². The number of amides is 6. The lowest BCUT2D eigenvalue weighted by Crippen LogP contribution is -2.55. The van der Waals surface area contributed by atoms with E-state index in [4.69, 9.17) is 0 Å². The van der Waals surface area contributed by atoms with Crippen LogP contribution in [0.1, 0.15) is 22.3 Å². The summed E-state index contributed by atoms with van der Waals surface area (Å²) in [6.07, 6.45) is -8.79. The van der Waals surface area contributed by atoms with Crippen molar-refractivity contribution in [1.29, 1.82) is 0 Å². The third-order valence-corrected chi connectivity index (χ3v) is 8.13. The van der Waals surface area contributed by atoms with Crippen molar-refractivity contribution in [2.45, 2.75) is 25.4 Å². The van der Waals surface area contributed by atoms with Crippen LogP contribution in [0.5, 0.6) is 0 Å². The Morgan fingerprint density at radius 1 is 0.523 bits per heavy atom. The monoisotopic (exact) mass is 626 g/mol. The van der Waals surface area contributed by atoms with Crippen LogP contribution in [0, 0.1) is 0 Å². The summed E-state index contributed by atoms with van der Waals surface area (Å²) in [6.45, 7) is 4.26. The second-order valence-electron chi connectivity index (χ2n) is 11.1. The van der Waals surface area contributed by atoms with Gasteiger partial charge in [-0.2, -0.15) is 26.3 Å². The van der Waals surface area contributed by atoms with Crippen molar-refractivity contribution in [3.63, 3.8) is 0 Å². The quantitative estimate of drug-likeness (QED) is 0.463. The van der Waals surface area contributed by atoms with Crippen LogP contribution >= 0.6 is 0 Å². The first kappa shape index (κ1) is 31.6. The lowest BCUT2D eigenvalue weighted by Gasteiger charge is -2.37. The van der Waals surface area contributed by atoms with Crippen LogP contribution in [0.4, 0.5) is 40.7 Å². The van der Waals surface area contributed by atoms with Crippen LogP contribution in [-0.2, 0) is 25.4 Å². The lowest BCUT2D eigenvalue weighted by atomic mass is 10.1. The van der Waals surface area contributed by atoms with E-state index in [2.05, 4.69) is 0 Å². The topological polar surface area (TPSA) is 70.7 Å². The van der Waals surface area contributed by atoms with E-state index < -0.39 is 41.6 Å². The Hall–Kier alpha value is -3.85. The number of alkyl halides is 6. The summed E-state index contributed by atoms with van der Waals surface area (Å²) in [5, 5.41) is 0. The van der Waals surface area contributed by atoms with E-state index in [1.54, 1.807) is 0 Å². The van der Waals surface area contributed by atoms with E-state index in [1.165, 1.54) is 34.1 Å². The van der Waals surface area contributed by atoms with Crippen molar-refractivity contribution < 1.29 is 40.7 Å². The Labute approximate surface area is 250 Å². The third kappa shape index (κ3) is 7.26. The van der Waals surface area contributed by atoms with Gasteiger partial charge in [0.25, 0.3) is 0 Å². The Balaban J connectivity index is 1.06. The summed E-state index contributed by atoms with van der Waals surface area (Å²) in [4.78, 5) is 48.5. The lowest BCUT2D eigenvalue weighted by molar-refractivity contribution is -0.138. The first-order chi connectivity index (χ1) is 20.8. The zero-order valence-electron chi connectivity index (χ0n) is 23.8. The third-order valence-electron chi connectivity index (χ3n) is 8.13. The van der Waals surface area contributed by atoms with E-state index in [9.17, 15) is 40.7 Å². The van der Waals surface area contributed by atoms with E-state index >= 15 is 0 Å². The number of hydrogen-bond donors (Lipinski definition) is 0. The molecule has 44 heavy (non-hydrogen) atoms. The van der Waals surface area contributed by atoms with Crippen LogP contribution in [0.2, 0.25) is 0 Å². The molecule has 0 N–H and O–H groups in total. The molecule has 9 nitrogen and oxygen atoms in total. The molecule has 0 saturated carbocycles. The molecule has 238 valence electrons. The van der Waals surface area contributed by atoms with Crippen molar-refractivity contribution in [2.75, 3.05) is 65.4 Å². The van der Waals surface area contributed by atoms with E-state index in [1.807, 2.05) is 9.80 Å². The number of benzene rings is 2. The van der Waals surface area contributed by atoms with Gasteiger partial charge < -0.3 is 9.80 Å². The van der Waals surface area contributed by atoms with Gasteiger partial charge in [-0.05, 0) is 35.4 Å². The highest BCUT2D eigenvalue weighted by Crippen LogP contribution is 2.30. The number of hydrogen-bond acceptors (Lipinski definition) is 5. The standard InChI is InChI=1S/C29H32F6N6O3/c30-28(31,32)23-5-1-21(2-6-23)19-36-9-13-38(14-10-36)25(42)40-17-18-41(27(40)44)26(43)39-15-11-37(12-16-39)20-22-3-7-24(8-4-22)29(33,34)35/h1-8H,9-20H2. The van der Waals surface area contributed by atoms with Crippen LogP contribution < -0.4 is 0 Å². The minimum Gasteiger partial charge on any atom is -0.322 e. The molecule has 15 heteroatoms. The van der Waals surface area contributed by atoms with Crippen molar-refractivity contribution in [3.05, 3.63) is 70.8 Å². The van der Waals surface area contributed by atoms with Gasteiger partial charge >= 0.3 is 30.4 Å². The predicted molar refractivity (Wildman–Crippen MR) is 146 cm³/mol. The minimum atomic E-state index is -4.40. The minimum absolute atomic E-state index is 0.0725. The van der Waals surface area contributed by atoms with E-state index in [0.717, 1.165) is 45.2 Å². The molecular formula is C29H32F6N6O3. The molecule has 5 rings (SSSR count). The molecule has 0 spiro atoms. The maximum absolute atomic E-state index is 13.1. The van der Waals surface area contributed by atoms with Crippen LogP contribution in [0.3, 0.4) is 0 Å². The Kier molecular flexibility index (Phi) is 9.07. The molecule has 0 unspecified atom stereocenters. The van der Waals surface area contributed by atoms with Crippen molar-refractivity contribution in [3.8, 4) is 0 Å². The molecule has 3 heterocycles. The van der Waals surface area contributed by atoms with Gasteiger partial charge in [0.05, 0.1) is 24.2 Å². The maximum Gasteiger partial charge on any atom is 0.416 e. The molecule has 2 aromatic rings. The zero-order valence-corrected chi connectivity index (χ0v) is 23.8. The maximum atomic E-state index is 13.1. The number of piperazine rings is 2. The first-order valence-electron chi connectivity index (χ1n) is 14.2. The number of urea groups is 3. The first-order valence-corrected chi connectivity index (χ1v) is 14.2. The van der Waals surface area contributed by atoms with E-state index in [0.29, 0.717) is 65.4 Å². The fourth-order valence-electron chi connectivity index (χ4n) is 5.54. The summed E-state index contributed by atoms with van der Waals surface area (Å²) < 4.78 is 76.8. The summed E-state index contributed by atoms with van der Waals surface area (Å²) >= 11 is 0. The van der Waals surface area contributed by atoms with Crippen LogP contribution in [0.25, 0.3) is 0 Å². The smallest absolute Gasteiger partial charge is 0.322 e. The molecule has 3 aliphatic rings. The second kappa shape index (κ2) is 12.6. The highest BCUT2D eigenvalue weighted by Gasteiger charge is 2.41. The SMILES string of the molecule is O=C(N1CCN(Cc2ccc(C(F)(F)F)cc2)CC1)N1CCN(C(=O)N2CCN(Cc3ccc(C(F)(F)F)cc3)CC2)C1=O. The average Bonchev–Trinajstić information content (AvgIpc) is 3.38. The number of rotatable bonds is 4. The number of carbonyl (C=O) groups excluding carboxylic acids is 3. The molecule has 0 aliphatic carbocycles. The number of halogens is 6. The number of carbonyl (C=O) groups is 3. The van der Waals surface area contributed by atoms with Gasteiger partial charge in [-0.1, -0.05) is 24.3 Å². The molecule has 0 bridgehead atoms. The summed E-state index contributed by atoms with van der Waals surface area (Å²) in [5.41, 5.74) is 0.0287. The fraction of sp³-hybridized carbons (Fsp3) is 0.483. The summed E-state index contributed by atoms with van der Waals surface area (Å²) in [7, 11) is 0. The number of nitrogens with zero attached hydrogens (tertiary/aromatic N) is 6. The van der Waals surface area contributed by atoms with Gasteiger partial charge in [0.15, 0.2) is 0 Å². The number of imide groups is 2. The van der Waals surface area contributed by atoms with Crippen molar-refractivity contribution >= 4 is 18.1 Å². The summed E-state index contributed by atoms with van der Waals surface area (Å²) in [6, 6.07) is 8.29. The molecule has 0 aromatic heterocycles. The molecule has 0 atom stereocenters. The second-order valence-corrected chi connectivity index (χ2v) is 11.1. The van der Waals surface area contributed by atoms with Gasteiger partial charge in [-0.3, -0.25) is 9.80 Å². The van der Waals surface area contributed by atoms with Gasteiger partial charge in [-0.25, -0.2) is 24.2 Å². The van der Waals surface area contributed by atoms with Gasteiger partial charge in [0.1, 0.15) is 0 Å². The van der Waals surface area contributed by atoms with Gasteiger partial charge in [0, 0.05) is 65.4 Å². The molecule has 2 aromatic carbocycles. The van der Waals surface area contributed by atoms with Crippen molar-refractivity contribution in [1.82, 2.24) is 29.4 Å². The normalized spacial score (nSPS) is 19.2. The van der Waals surface area contributed by atoms with Crippen LogP contribution in [-0.4, -0.2) is 113 Å². The molecule has 3 aliphatic heterocycles. The highest BCUT2D eigenvalue weighted by atomic mass is 19.4. The average molecular weight is 627 g/mol. The fourth-order valence-corrected chi connectivity index (χ4v) is 5.54. The predicted octanol–water partition coefficient (Wildman–Crippen LogP) is 4.64. The van der Waals surface area contributed by atoms with Crippen molar-refractivity contribution in [2.24, 2.45) is 0 Å².